The third kappa shape index (κ3) is 1.83. The van der Waals surface area contributed by atoms with Crippen LogP contribution in [0.25, 0.3) is 0 Å². The first-order chi connectivity index (χ1) is 6.38. The molecule has 1 aromatic rings. The molecule has 0 spiro atoms. The number of halogens is 3. The first kappa shape index (κ1) is 10.9. The van der Waals surface area contributed by atoms with E-state index in [9.17, 15) is 13.2 Å². The van der Waals surface area contributed by atoms with Gasteiger partial charge >= 0.3 is 6.18 Å². The smallest absolute Gasteiger partial charge is 0.396 e. The average Bonchev–Trinajstić information content (AvgIpc) is 2.44. The van der Waals surface area contributed by atoms with Crippen LogP contribution >= 0.6 is 0 Å². The molecule has 80 valence electrons. The lowest BCUT2D eigenvalue weighted by Gasteiger charge is -2.15. The molecule has 1 heterocycles. The van der Waals surface area contributed by atoms with Gasteiger partial charge in [0.25, 0.3) is 0 Å². The molecule has 0 aliphatic heterocycles. The summed E-state index contributed by atoms with van der Waals surface area (Å²) in [6.07, 6.45) is -2.83. The largest absolute Gasteiger partial charge is 0.435 e. The van der Waals surface area contributed by atoms with Gasteiger partial charge in [0.2, 0.25) is 0 Å². The predicted octanol–water partition coefficient (Wildman–Crippen LogP) is 2.46. The Labute approximate surface area is 79.7 Å². The SMILES string of the molecule is CCC(C)n1ncc(N)c1C(F)(F)F. The second-order valence-electron chi connectivity index (χ2n) is 3.15. The molecule has 0 bridgehead atoms. The van der Waals surface area contributed by atoms with Crippen molar-refractivity contribution in [3.63, 3.8) is 0 Å². The van der Waals surface area contributed by atoms with Crippen LogP contribution in [0.1, 0.15) is 32.0 Å². The third-order valence-electron chi connectivity index (χ3n) is 2.10. The van der Waals surface area contributed by atoms with Crippen LogP contribution in [0.5, 0.6) is 0 Å². The van der Waals surface area contributed by atoms with Crippen LogP contribution in [0.4, 0.5) is 18.9 Å². The Morgan fingerprint density at radius 3 is 2.57 bits per heavy atom. The molecule has 0 saturated heterocycles. The van der Waals surface area contributed by atoms with Crippen molar-refractivity contribution in [2.75, 3.05) is 5.73 Å². The highest BCUT2D eigenvalue weighted by atomic mass is 19.4. The van der Waals surface area contributed by atoms with Crippen molar-refractivity contribution in [3.05, 3.63) is 11.9 Å². The molecule has 14 heavy (non-hydrogen) atoms. The molecule has 1 rings (SSSR count). The van der Waals surface area contributed by atoms with Crippen LogP contribution in [-0.2, 0) is 6.18 Å². The number of aromatic nitrogens is 2. The van der Waals surface area contributed by atoms with E-state index in [4.69, 9.17) is 5.73 Å². The molecule has 1 atom stereocenters. The second kappa shape index (κ2) is 3.51. The zero-order valence-corrected chi connectivity index (χ0v) is 7.97. The Morgan fingerprint density at radius 1 is 1.57 bits per heavy atom. The van der Waals surface area contributed by atoms with Gasteiger partial charge in [-0.25, -0.2) is 0 Å². The average molecular weight is 207 g/mol. The normalized spacial score (nSPS) is 14.4. The van der Waals surface area contributed by atoms with E-state index in [-0.39, 0.29) is 11.7 Å². The van der Waals surface area contributed by atoms with E-state index in [0.29, 0.717) is 6.42 Å². The summed E-state index contributed by atoms with van der Waals surface area (Å²) in [6.45, 7) is 3.46. The maximum Gasteiger partial charge on any atom is 0.435 e. The number of alkyl halides is 3. The quantitative estimate of drug-likeness (QED) is 0.809. The lowest BCUT2D eigenvalue weighted by molar-refractivity contribution is -0.144. The van der Waals surface area contributed by atoms with Crippen LogP contribution in [0.2, 0.25) is 0 Å². The molecule has 0 saturated carbocycles. The predicted molar refractivity (Wildman–Crippen MR) is 46.6 cm³/mol. The molecular formula is C8H12F3N3. The van der Waals surface area contributed by atoms with Gasteiger partial charge in [-0.15, -0.1) is 0 Å². The standard InChI is InChI=1S/C8H12F3N3/c1-3-5(2)14-7(8(9,10)11)6(12)4-13-14/h4-5H,3,12H2,1-2H3. The lowest BCUT2D eigenvalue weighted by atomic mass is 10.2. The van der Waals surface area contributed by atoms with Gasteiger partial charge in [-0.05, 0) is 13.3 Å². The molecule has 1 aromatic heterocycles. The monoisotopic (exact) mass is 207 g/mol. The maximum absolute atomic E-state index is 12.5. The molecule has 0 aliphatic rings. The second-order valence-corrected chi connectivity index (χ2v) is 3.15. The summed E-state index contributed by atoms with van der Waals surface area (Å²) >= 11 is 0. The molecule has 1 unspecified atom stereocenters. The molecule has 3 nitrogen and oxygen atoms in total. The van der Waals surface area contributed by atoms with Gasteiger partial charge in [-0.3, -0.25) is 4.68 Å². The number of anilines is 1. The van der Waals surface area contributed by atoms with Crippen molar-refractivity contribution in [2.24, 2.45) is 0 Å². The van der Waals surface area contributed by atoms with E-state index in [1.165, 1.54) is 0 Å². The van der Waals surface area contributed by atoms with Gasteiger partial charge in [0.1, 0.15) is 0 Å². The Balaban J connectivity index is 3.19. The van der Waals surface area contributed by atoms with Gasteiger partial charge in [0, 0.05) is 6.04 Å². The maximum atomic E-state index is 12.5. The molecule has 0 fully saturated rings. The van der Waals surface area contributed by atoms with Crippen LogP contribution in [-0.4, -0.2) is 9.78 Å². The molecule has 0 amide bonds. The first-order valence-corrected chi connectivity index (χ1v) is 4.28. The third-order valence-corrected chi connectivity index (χ3v) is 2.10. The van der Waals surface area contributed by atoms with Gasteiger partial charge < -0.3 is 5.73 Å². The van der Waals surface area contributed by atoms with E-state index < -0.39 is 11.9 Å². The van der Waals surface area contributed by atoms with Crippen molar-refractivity contribution in [1.82, 2.24) is 9.78 Å². The Bertz CT molecular complexity index is 316. The highest BCUT2D eigenvalue weighted by Gasteiger charge is 2.38. The van der Waals surface area contributed by atoms with Crippen LogP contribution in [0.3, 0.4) is 0 Å². The van der Waals surface area contributed by atoms with E-state index >= 15 is 0 Å². The summed E-state index contributed by atoms with van der Waals surface area (Å²) in [6, 6.07) is -0.302. The molecular weight excluding hydrogens is 195 g/mol. The van der Waals surface area contributed by atoms with Gasteiger partial charge in [-0.1, -0.05) is 6.92 Å². The summed E-state index contributed by atoms with van der Waals surface area (Å²) in [4.78, 5) is 0. The number of nitrogen functional groups attached to an aromatic ring is 1. The zero-order valence-electron chi connectivity index (χ0n) is 7.97. The summed E-state index contributed by atoms with van der Waals surface area (Å²) < 4.78 is 38.4. The van der Waals surface area contributed by atoms with Gasteiger partial charge in [-0.2, -0.15) is 18.3 Å². The van der Waals surface area contributed by atoms with Gasteiger partial charge in [0.15, 0.2) is 5.69 Å². The Kier molecular flexibility index (Phi) is 2.73. The summed E-state index contributed by atoms with van der Waals surface area (Å²) in [5, 5.41) is 3.62. The Morgan fingerprint density at radius 2 is 2.14 bits per heavy atom. The van der Waals surface area contributed by atoms with E-state index in [0.717, 1.165) is 10.9 Å². The molecule has 0 aliphatic carbocycles. The highest BCUT2D eigenvalue weighted by molar-refractivity contribution is 5.42. The fourth-order valence-corrected chi connectivity index (χ4v) is 1.18. The first-order valence-electron chi connectivity index (χ1n) is 4.28. The Hall–Kier alpha value is -1.20. The van der Waals surface area contributed by atoms with Gasteiger partial charge in [0.05, 0.1) is 11.9 Å². The topological polar surface area (TPSA) is 43.8 Å². The number of hydrogen-bond acceptors (Lipinski definition) is 2. The van der Waals surface area contributed by atoms with Crippen LogP contribution in [0.15, 0.2) is 6.20 Å². The number of hydrogen-bond donors (Lipinski definition) is 1. The molecule has 0 radical (unpaired) electrons. The number of nitrogens with two attached hydrogens (primary N) is 1. The van der Waals surface area contributed by atoms with Crippen molar-refractivity contribution in [2.45, 2.75) is 32.5 Å². The fraction of sp³-hybridized carbons (Fsp3) is 0.625. The minimum Gasteiger partial charge on any atom is -0.396 e. The van der Waals surface area contributed by atoms with Crippen molar-refractivity contribution in [1.29, 1.82) is 0 Å². The summed E-state index contributed by atoms with van der Waals surface area (Å²) in [7, 11) is 0. The van der Waals surface area contributed by atoms with Crippen molar-refractivity contribution in [3.8, 4) is 0 Å². The van der Waals surface area contributed by atoms with Crippen LogP contribution < -0.4 is 5.73 Å². The minimum absolute atomic E-state index is 0.302. The van der Waals surface area contributed by atoms with E-state index in [1.54, 1.807) is 13.8 Å². The van der Waals surface area contributed by atoms with E-state index in [1.807, 2.05) is 0 Å². The number of rotatable bonds is 2. The van der Waals surface area contributed by atoms with Crippen molar-refractivity contribution < 1.29 is 13.2 Å². The molecule has 2 N–H and O–H groups in total. The summed E-state index contributed by atoms with van der Waals surface area (Å²) in [5.74, 6) is 0. The lowest BCUT2D eigenvalue weighted by Crippen LogP contribution is -2.18. The molecule has 0 aromatic carbocycles. The number of nitrogens with zero attached hydrogens (tertiary/aromatic N) is 2. The minimum atomic E-state index is -4.44. The van der Waals surface area contributed by atoms with E-state index in [2.05, 4.69) is 5.10 Å². The van der Waals surface area contributed by atoms with Crippen molar-refractivity contribution >= 4 is 5.69 Å². The fourth-order valence-electron chi connectivity index (χ4n) is 1.18. The summed E-state index contributed by atoms with van der Waals surface area (Å²) in [5.41, 5.74) is 4.04. The molecule has 6 heteroatoms. The van der Waals surface area contributed by atoms with Crippen LogP contribution in [0, 0.1) is 0 Å². The zero-order chi connectivity index (χ0) is 10.9. The highest BCUT2D eigenvalue weighted by Crippen LogP contribution is 2.35.